The number of likely N-dealkylation sites (tertiary alicyclic amines) is 1. The molecule has 1 aliphatic rings. The van der Waals surface area contributed by atoms with Gasteiger partial charge in [0.25, 0.3) is 5.88 Å². The fraction of sp³-hybridized carbons (Fsp3) is 0.464. The quantitative estimate of drug-likeness (QED) is 0.341. The molecule has 1 fully saturated rings. The summed E-state index contributed by atoms with van der Waals surface area (Å²) in [6.45, 7) is 12.0. The molecule has 1 aliphatic heterocycles. The van der Waals surface area contributed by atoms with Gasteiger partial charge in [-0.1, -0.05) is 0 Å². The Morgan fingerprint density at radius 1 is 1.15 bits per heavy atom. The van der Waals surface area contributed by atoms with Crippen LogP contribution in [-0.4, -0.2) is 74.0 Å². The van der Waals surface area contributed by atoms with Crippen LogP contribution in [0.25, 0.3) is 16.6 Å². The highest BCUT2D eigenvalue weighted by Gasteiger charge is 2.39. The maximum Gasteiger partial charge on any atom is 0.410 e. The first-order valence-electron chi connectivity index (χ1n) is 13.2. The molecular weight excluding hydrogens is 514 g/mol. The van der Waals surface area contributed by atoms with Crippen molar-refractivity contribution in [3.05, 3.63) is 47.5 Å². The first-order valence-corrected chi connectivity index (χ1v) is 13.2. The van der Waals surface area contributed by atoms with Crippen molar-refractivity contribution in [2.24, 2.45) is 0 Å². The summed E-state index contributed by atoms with van der Waals surface area (Å²) in [5.74, 6) is 2.27. The predicted octanol–water partition coefficient (Wildman–Crippen LogP) is 4.85. The van der Waals surface area contributed by atoms with Crippen molar-refractivity contribution < 1.29 is 23.5 Å². The highest BCUT2D eigenvalue weighted by atomic mass is 16.6. The third-order valence-corrected chi connectivity index (χ3v) is 6.71. The lowest BCUT2D eigenvalue weighted by Crippen LogP contribution is -2.42. The molecule has 4 aromatic heterocycles. The van der Waals surface area contributed by atoms with Crippen LogP contribution < -0.4 is 10.1 Å². The molecule has 12 nitrogen and oxygen atoms in total. The van der Waals surface area contributed by atoms with Gasteiger partial charge >= 0.3 is 6.09 Å². The molecule has 40 heavy (non-hydrogen) atoms. The summed E-state index contributed by atoms with van der Waals surface area (Å²) < 4.78 is 24.6. The molecule has 0 unspecified atom stereocenters. The highest BCUT2D eigenvalue weighted by Crippen LogP contribution is 2.36. The first-order chi connectivity index (χ1) is 19.0. The molecule has 5 heterocycles. The molecule has 1 N–H and O–H groups in total. The Hall–Kier alpha value is -4.19. The van der Waals surface area contributed by atoms with E-state index in [2.05, 4.69) is 25.8 Å². The first kappa shape index (κ1) is 27.4. The van der Waals surface area contributed by atoms with Gasteiger partial charge in [-0.05, 0) is 76.0 Å². The van der Waals surface area contributed by atoms with E-state index in [0.717, 1.165) is 27.9 Å². The summed E-state index contributed by atoms with van der Waals surface area (Å²) in [5, 5.41) is 20.4. The van der Waals surface area contributed by atoms with Crippen molar-refractivity contribution >= 4 is 23.2 Å². The van der Waals surface area contributed by atoms with Gasteiger partial charge in [0.15, 0.2) is 11.6 Å². The van der Waals surface area contributed by atoms with E-state index in [0.29, 0.717) is 42.8 Å². The van der Waals surface area contributed by atoms with E-state index in [9.17, 15) is 4.79 Å². The number of amides is 1. The van der Waals surface area contributed by atoms with Crippen molar-refractivity contribution in [2.75, 3.05) is 25.6 Å². The number of nitrogens with one attached hydrogen (secondary N) is 1. The van der Waals surface area contributed by atoms with Gasteiger partial charge in [-0.15, -0.1) is 5.10 Å². The van der Waals surface area contributed by atoms with Crippen molar-refractivity contribution in [3.63, 3.8) is 0 Å². The SMILES string of the molecule is COC[C@@H]1C[C@H](Oc2noc(C)c2-c2ccn3nc(Nc4cc(C)c(C)nn4)cc3c2)CN1C(=O)OC(C)(C)C. The van der Waals surface area contributed by atoms with Crippen molar-refractivity contribution in [3.8, 4) is 17.0 Å². The monoisotopic (exact) mass is 549 g/mol. The summed E-state index contributed by atoms with van der Waals surface area (Å²) >= 11 is 0. The lowest BCUT2D eigenvalue weighted by Gasteiger charge is -2.28. The molecule has 0 spiro atoms. The lowest BCUT2D eigenvalue weighted by molar-refractivity contribution is 0.0139. The van der Waals surface area contributed by atoms with Crippen LogP contribution in [0.3, 0.4) is 0 Å². The van der Waals surface area contributed by atoms with E-state index in [1.807, 2.05) is 72.0 Å². The number of ether oxygens (including phenoxy) is 3. The minimum atomic E-state index is -0.599. The zero-order valence-electron chi connectivity index (χ0n) is 23.9. The summed E-state index contributed by atoms with van der Waals surface area (Å²) in [5.41, 5.74) is 3.81. The van der Waals surface area contributed by atoms with Gasteiger partial charge in [-0.2, -0.15) is 10.2 Å². The largest absolute Gasteiger partial charge is 0.470 e. The van der Waals surface area contributed by atoms with Crippen LogP contribution in [0.5, 0.6) is 5.88 Å². The molecule has 0 radical (unpaired) electrons. The zero-order valence-corrected chi connectivity index (χ0v) is 23.9. The van der Waals surface area contributed by atoms with Crippen LogP contribution in [-0.2, 0) is 9.47 Å². The zero-order chi connectivity index (χ0) is 28.6. The van der Waals surface area contributed by atoms with E-state index >= 15 is 0 Å². The van der Waals surface area contributed by atoms with Gasteiger partial charge in [0.05, 0.1) is 36.0 Å². The average molecular weight is 550 g/mol. The molecule has 1 amide bonds. The van der Waals surface area contributed by atoms with Crippen molar-refractivity contribution in [1.29, 1.82) is 0 Å². The second kappa shape index (κ2) is 10.8. The lowest BCUT2D eigenvalue weighted by atomic mass is 10.1. The van der Waals surface area contributed by atoms with Gasteiger partial charge in [-0.3, -0.25) is 4.90 Å². The number of carbonyl (C=O) groups is 1. The van der Waals surface area contributed by atoms with E-state index in [1.54, 1.807) is 16.5 Å². The van der Waals surface area contributed by atoms with Gasteiger partial charge in [0.2, 0.25) is 0 Å². The molecule has 0 aliphatic carbocycles. The second-order valence-electron chi connectivity index (χ2n) is 11.1. The maximum atomic E-state index is 12.8. The number of aromatic nitrogens is 5. The Kier molecular flexibility index (Phi) is 7.37. The number of rotatable bonds is 7. The topological polar surface area (TPSA) is 129 Å². The number of pyridine rings is 1. The van der Waals surface area contributed by atoms with Gasteiger partial charge in [-0.25, -0.2) is 9.31 Å². The molecule has 0 saturated carbocycles. The Bertz CT molecular complexity index is 1520. The van der Waals surface area contributed by atoms with Crippen molar-refractivity contribution in [2.45, 2.75) is 65.7 Å². The third kappa shape index (κ3) is 5.86. The van der Waals surface area contributed by atoms with Crippen LogP contribution in [0.4, 0.5) is 16.4 Å². The number of carbonyl (C=O) groups excluding carboxylic acids is 1. The van der Waals surface area contributed by atoms with Crippen LogP contribution in [0, 0.1) is 20.8 Å². The molecular formula is C28H35N7O5. The molecule has 2 atom stereocenters. The number of anilines is 2. The summed E-state index contributed by atoms with van der Waals surface area (Å²) in [7, 11) is 1.61. The van der Waals surface area contributed by atoms with Gasteiger partial charge < -0.3 is 24.1 Å². The molecule has 12 heteroatoms. The minimum absolute atomic E-state index is 0.169. The second-order valence-corrected chi connectivity index (χ2v) is 11.1. The molecule has 212 valence electrons. The van der Waals surface area contributed by atoms with Gasteiger partial charge in [0.1, 0.15) is 17.5 Å². The van der Waals surface area contributed by atoms with E-state index in [-0.39, 0.29) is 18.2 Å². The number of methoxy groups -OCH3 is 1. The average Bonchev–Trinajstić information content (AvgIpc) is 3.57. The number of nitrogens with zero attached hydrogens (tertiary/aromatic N) is 6. The fourth-order valence-corrected chi connectivity index (χ4v) is 4.72. The Balaban J connectivity index is 1.35. The van der Waals surface area contributed by atoms with Crippen LogP contribution >= 0.6 is 0 Å². The standard InChI is InChI=1S/C28H35N7O5/c1-16-10-23(31-30-17(16)2)29-24-13-20-11-19(8-9-35(20)32-24)25-18(3)40-33-26(25)38-22-12-21(15-37-7)34(14-22)27(36)39-28(4,5)6/h8-11,13,21-22H,12,14-15H2,1-7H3,(H,29,31,32)/t21-,22-/m0/s1. The van der Waals surface area contributed by atoms with E-state index in [1.165, 1.54) is 0 Å². The third-order valence-electron chi connectivity index (χ3n) is 6.71. The number of fused-ring (bicyclic) bond motifs is 1. The summed E-state index contributed by atoms with van der Waals surface area (Å²) in [6, 6.07) is 7.62. The van der Waals surface area contributed by atoms with Crippen LogP contribution in [0.1, 0.15) is 44.2 Å². The normalized spacial score (nSPS) is 17.4. The smallest absolute Gasteiger partial charge is 0.410 e. The predicted molar refractivity (Wildman–Crippen MR) is 148 cm³/mol. The highest BCUT2D eigenvalue weighted by molar-refractivity contribution is 5.75. The summed E-state index contributed by atoms with van der Waals surface area (Å²) in [4.78, 5) is 14.5. The van der Waals surface area contributed by atoms with Gasteiger partial charge in [0, 0.05) is 25.8 Å². The van der Waals surface area contributed by atoms with E-state index in [4.69, 9.17) is 18.7 Å². The Morgan fingerprint density at radius 2 is 1.95 bits per heavy atom. The molecule has 0 bridgehead atoms. The molecule has 0 aromatic carbocycles. The van der Waals surface area contributed by atoms with Crippen LogP contribution in [0.15, 0.2) is 35.0 Å². The van der Waals surface area contributed by atoms with Crippen LogP contribution in [0.2, 0.25) is 0 Å². The maximum absolute atomic E-state index is 12.8. The van der Waals surface area contributed by atoms with E-state index < -0.39 is 5.60 Å². The number of hydrogen-bond acceptors (Lipinski definition) is 10. The number of aryl methyl sites for hydroxylation is 3. The molecule has 4 aromatic rings. The summed E-state index contributed by atoms with van der Waals surface area (Å²) in [6.07, 6.45) is 1.76. The number of hydrogen-bond donors (Lipinski definition) is 1. The Morgan fingerprint density at radius 3 is 2.67 bits per heavy atom. The fourth-order valence-electron chi connectivity index (χ4n) is 4.72. The Labute approximate surface area is 232 Å². The van der Waals surface area contributed by atoms with Crippen molar-refractivity contribution in [1.82, 2.24) is 29.9 Å². The molecule has 1 saturated heterocycles. The minimum Gasteiger partial charge on any atom is -0.470 e. The molecule has 5 rings (SSSR count).